The molecule has 2 nitrogen and oxygen atoms in total. The quantitative estimate of drug-likeness (QED) is 0.897. The molecule has 2 rings (SSSR count). The van der Waals surface area contributed by atoms with Gasteiger partial charge in [0.15, 0.2) is 0 Å². The molecule has 0 saturated carbocycles. The molecule has 1 fully saturated rings. The average Bonchev–Trinajstić information content (AvgIpc) is 2.28. The van der Waals surface area contributed by atoms with E-state index in [1.165, 1.54) is 0 Å². The van der Waals surface area contributed by atoms with Crippen LogP contribution in [0.2, 0.25) is 0 Å². The Labute approximate surface area is 117 Å². The minimum absolute atomic E-state index is 0.0150. The molecule has 0 bridgehead atoms. The molecule has 1 heterocycles. The molecule has 0 spiro atoms. The highest BCUT2D eigenvalue weighted by atomic mass is 79.9. The van der Waals surface area contributed by atoms with Crippen LogP contribution in [0.3, 0.4) is 0 Å². The largest absolute Gasteiger partial charge is 0.349 e. The zero-order valence-corrected chi connectivity index (χ0v) is 11.9. The van der Waals surface area contributed by atoms with Gasteiger partial charge in [-0.3, -0.25) is 4.79 Å². The molecule has 98 valence electrons. The smallest absolute Gasteiger partial charge is 0.257 e. The Morgan fingerprint density at radius 2 is 1.83 bits per heavy atom. The zero-order valence-electron chi connectivity index (χ0n) is 9.51. The fourth-order valence-electron chi connectivity index (χ4n) is 1.86. The number of thioether (sulfide) groups is 1. The van der Waals surface area contributed by atoms with E-state index in [1.807, 2.05) is 11.8 Å². The third-order valence-corrected chi connectivity index (χ3v) is 4.30. The summed E-state index contributed by atoms with van der Waals surface area (Å²) in [6, 6.07) is 2.20. The maximum absolute atomic E-state index is 13.6. The van der Waals surface area contributed by atoms with E-state index < -0.39 is 23.1 Å². The van der Waals surface area contributed by atoms with Gasteiger partial charge in [0.05, 0.1) is 0 Å². The van der Waals surface area contributed by atoms with Crippen molar-refractivity contribution in [2.24, 2.45) is 0 Å². The molecule has 1 amide bonds. The summed E-state index contributed by atoms with van der Waals surface area (Å²) in [6.07, 6.45) is 1.69. The van der Waals surface area contributed by atoms with Crippen LogP contribution in [0, 0.1) is 11.6 Å². The maximum Gasteiger partial charge on any atom is 0.257 e. The summed E-state index contributed by atoms with van der Waals surface area (Å²) in [5.74, 6) is -0.421. The number of carbonyl (C=O) groups excluding carboxylic acids is 1. The van der Waals surface area contributed by atoms with Crippen LogP contribution in [0.25, 0.3) is 0 Å². The van der Waals surface area contributed by atoms with Crippen molar-refractivity contribution in [3.05, 3.63) is 33.8 Å². The van der Waals surface area contributed by atoms with Gasteiger partial charge in [0, 0.05) is 10.5 Å². The van der Waals surface area contributed by atoms with Gasteiger partial charge in [-0.05, 0) is 36.5 Å². The molecule has 18 heavy (non-hydrogen) atoms. The van der Waals surface area contributed by atoms with Crippen molar-refractivity contribution < 1.29 is 13.6 Å². The van der Waals surface area contributed by atoms with E-state index in [4.69, 9.17) is 0 Å². The number of benzene rings is 1. The first-order valence-electron chi connectivity index (χ1n) is 5.61. The second-order valence-electron chi connectivity index (χ2n) is 4.10. The van der Waals surface area contributed by atoms with E-state index in [1.54, 1.807) is 0 Å². The first-order chi connectivity index (χ1) is 8.58. The lowest BCUT2D eigenvalue weighted by Crippen LogP contribution is -2.38. The van der Waals surface area contributed by atoms with Gasteiger partial charge in [0.2, 0.25) is 0 Å². The molecule has 0 aromatic heterocycles. The molecular weight excluding hydrogens is 324 g/mol. The highest BCUT2D eigenvalue weighted by Gasteiger charge is 2.22. The molecule has 0 aliphatic carbocycles. The van der Waals surface area contributed by atoms with Crippen molar-refractivity contribution in [1.82, 2.24) is 5.32 Å². The zero-order chi connectivity index (χ0) is 13.1. The Balaban J connectivity index is 2.13. The van der Waals surface area contributed by atoms with E-state index in [9.17, 15) is 13.6 Å². The Morgan fingerprint density at radius 1 is 1.28 bits per heavy atom. The number of nitrogens with one attached hydrogen (secondary N) is 1. The number of hydrogen-bond donors (Lipinski definition) is 1. The predicted molar refractivity (Wildman–Crippen MR) is 71.9 cm³/mol. The number of halogens is 3. The number of carbonyl (C=O) groups is 1. The number of amides is 1. The van der Waals surface area contributed by atoms with Crippen molar-refractivity contribution in [2.45, 2.75) is 18.9 Å². The molecule has 1 saturated heterocycles. The van der Waals surface area contributed by atoms with Crippen molar-refractivity contribution >= 4 is 33.6 Å². The van der Waals surface area contributed by atoms with Gasteiger partial charge < -0.3 is 5.32 Å². The molecule has 1 N–H and O–H groups in total. The van der Waals surface area contributed by atoms with Gasteiger partial charge in [-0.2, -0.15) is 11.8 Å². The molecule has 1 aromatic rings. The highest BCUT2D eigenvalue weighted by molar-refractivity contribution is 9.10. The van der Waals surface area contributed by atoms with Crippen molar-refractivity contribution in [2.75, 3.05) is 11.5 Å². The summed E-state index contributed by atoms with van der Waals surface area (Å²) >= 11 is 4.80. The third-order valence-electron chi connectivity index (χ3n) is 2.79. The van der Waals surface area contributed by atoms with Crippen LogP contribution in [-0.2, 0) is 0 Å². The van der Waals surface area contributed by atoms with E-state index in [2.05, 4.69) is 21.2 Å². The topological polar surface area (TPSA) is 29.1 Å². The van der Waals surface area contributed by atoms with Crippen LogP contribution in [0.1, 0.15) is 23.2 Å². The lowest BCUT2D eigenvalue weighted by atomic mass is 10.1. The lowest BCUT2D eigenvalue weighted by Gasteiger charge is -2.22. The summed E-state index contributed by atoms with van der Waals surface area (Å²) in [7, 11) is 0. The standard InChI is InChI=1S/C12H12BrF2NOS/c13-7-5-9(14)11(10(15)6-7)12(17)16-8-1-3-18-4-2-8/h5-6,8H,1-4H2,(H,16,17). The summed E-state index contributed by atoms with van der Waals surface area (Å²) in [4.78, 5) is 11.9. The Morgan fingerprint density at radius 3 is 2.39 bits per heavy atom. The van der Waals surface area contributed by atoms with Crippen LogP contribution < -0.4 is 5.32 Å². The third kappa shape index (κ3) is 3.23. The van der Waals surface area contributed by atoms with E-state index in [0.29, 0.717) is 0 Å². The molecule has 0 unspecified atom stereocenters. The van der Waals surface area contributed by atoms with Crippen LogP contribution in [0.15, 0.2) is 16.6 Å². The Bertz CT molecular complexity index is 440. The Hall–Kier alpha value is -0.620. The summed E-state index contributed by atoms with van der Waals surface area (Å²) in [5.41, 5.74) is -0.503. The van der Waals surface area contributed by atoms with Crippen molar-refractivity contribution in [1.29, 1.82) is 0 Å². The predicted octanol–water partition coefficient (Wildman–Crippen LogP) is 3.35. The van der Waals surface area contributed by atoms with Crippen LogP contribution in [0.4, 0.5) is 8.78 Å². The molecule has 1 aliphatic heterocycles. The molecule has 6 heteroatoms. The average molecular weight is 336 g/mol. The van der Waals surface area contributed by atoms with Crippen LogP contribution >= 0.6 is 27.7 Å². The van der Waals surface area contributed by atoms with Gasteiger partial charge in [-0.15, -0.1) is 0 Å². The first-order valence-corrected chi connectivity index (χ1v) is 7.56. The van der Waals surface area contributed by atoms with Crippen LogP contribution in [0.5, 0.6) is 0 Å². The normalized spacial score (nSPS) is 16.6. The monoisotopic (exact) mass is 335 g/mol. The Kier molecular flexibility index (Phi) is 4.61. The number of rotatable bonds is 2. The second kappa shape index (κ2) is 6.02. The molecule has 1 aromatic carbocycles. The van der Waals surface area contributed by atoms with Gasteiger partial charge in [-0.25, -0.2) is 8.78 Å². The maximum atomic E-state index is 13.6. The van der Waals surface area contributed by atoms with E-state index in [0.717, 1.165) is 36.5 Å². The minimum atomic E-state index is -0.843. The number of hydrogen-bond acceptors (Lipinski definition) is 2. The summed E-state index contributed by atoms with van der Waals surface area (Å²) in [5, 5.41) is 2.69. The molecule has 1 aliphatic rings. The summed E-state index contributed by atoms with van der Waals surface area (Å²) < 4.78 is 27.4. The van der Waals surface area contributed by atoms with Gasteiger partial charge in [0.1, 0.15) is 17.2 Å². The summed E-state index contributed by atoms with van der Waals surface area (Å²) in [6.45, 7) is 0. The lowest BCUT2D eigenvalue weighted by molar-refractivity contribution is 0.0926. The van der Waals surface area contributed by atoms with E-state index in [-0.39, 0.29) is 10.5 Å². The van der Waals surface area contributed by atoms with Crippen molar-refractivity contribution in [3.8, 4) is 0 Å². The van der Waals surface area contributed by atoms with Gasteiger partial charge in [0.25, 0.3) is 5.91 Å². The second-order valence-corrected chi connectivity index (χ2v) is 6.24. The molecule has 0 atom stereocenters. The SMILES string of the molecule is O=C(NC1CCSCC1)c1c(F)cc(Br)cc1F. The fourth-order valence-corrected chi connectivity index (χ4v) is 3.37. The van der Waals surface area contributed by atoms with Gasteiger partial charge >= 0.3 is 0 Å². The minimum Gasteiger partial charge on any atom is -0.349 e. The highest BCUT2D eigenvalue weighted by Crippen LogP contribution is 2.21. The molecular formula is C12H12BrF2NOS. The van der Waals surface area contributed by atoms with Gasteiger partial charge in [-0.1, -0.05) is 15.9 Å². The van der Waals surface area contributed by atoms with Crippen molar-refractivity contribution in [3.63, 3.8) is 0 Å². The first kappa shape index (κ1) is 13.8. The fraction of sp³-hybridized carbons (Fsp3) is 0.417. The molecule has 0 radical (unpaired) electrons. The van der Waals surface area contributed by atoms with E-state index >= 15 is 0 Å². The van der Waals surface area contributed by atoms with Crippen LogP contribution in [-0.4, -0.2) is 23.5 Å².